The van der Waals surface area contributed by atoms with Crippen LogP contribution >= 0.6 is 0 Å². The Balaban J connectivity index is 1.69. The van der Waals surface area contributed by atoms with Gasteiger partial charge in [0.1, 0.15) is 0 Å². The standard InChI is InChI=1S/C18H21NO3/c20-17(10-12-6-2-1-3-7-12)19-16-11-15(18(21)22)13-8-4-5-9-14(13)16/h4-6,8-9,15-16H,1-3,7,10-11H2,(H,19,20)(H,21,22). The molecule has 4 heteroatoms. The van der Waals surface area contributed by atoms with Crippen molar-refractivity contribution in [2.24, 2.45) is 0 Å². The first kappa shape index (κ1) is 14.8. The molecule has 0 fully saturated rings. The Morgan fingerprint density at radius 2 is 1.95 bits per heavy atom. The van der Waals surface area contributed by atoms with Crippen LogP contribution < -0.4 is 5.32 Å². The van der Waals surface area contributed by atoms with Gasteiger partial charge in [0.2, 0.25) is 5.91 Å². The molecule has 2 aliphatic carbocycles. The molecule has 0 heterocycles. The molecule has 22 heavy (non-hydrogen) atoms. The van der Waals surface area contributed by atoms with Crippen LogP contribution in [0, 0.1) is 0 Å². The molecule has 116 valence electrons. The first-order valence-electron chi connectivity index (χ1n) is 7.94. The lowest BCUT2D eigenvalue weighted by atomic mass is 9.97. The molecular weight excluding hydrogens is 278 g/mol. The molecule has 1 amide bonds. The minimum Gasteiger partial charge on any atom is -0.481 e. The van der Waals surface area contributed by atoms with Gasteiger partial charge in [-0.1, -0.05) is 35.9 Å². The van der Waals surface area contributed by atoms with Crippen molar-refractivity contribution in [1.29, 1.82) is 0 Å². The SMILES string of the molecule is O=C(CC1=CCCCC1)NC1CC(C(=O)O)c2ccccc21. The first-order chi connectivity index (χ1) is 10.6. The summed E-state index contributed by atoms with van der Waals surface area (Å²) in [6.07, 6.45) is 7.50. The maximum absolute atomic E-state index is 12.3. The molecule has 4 nitrogen and oxygen atoms in total. The molecule has 0 saturated heterocycles. The molecule has 3 rings (SSSR count). The molecule has 2 aliphatic rings. The Hall–Kier alpha value is -2.10. The molecule has 0 aliphatic heterocycles. The predicted octanol–water partition coefficient (Wildman–Crippen LogP) is 3.31. The Labute approximate surface area is 130 Å². The topological polar surface area (TPSA) is 66.4 Å². The number of aliphatic carboxylic acids is 1. The van der Waals surface area contributed by atoms with E-state index < -0.39 is 11.9 Å². The van der Waals surface area contributed by atoms with Gasteiger partial charge in [-0.25, -0.2) is 0 Å². The van der Waals surface area contributed by atoms with Crippen LogP contribution in [0.3, 0.4) is 0 Å². The van der Waals surface area contributed by atoms with Crippen LogP contribution in [0.4, 0.5) is 0 Å². The zero-order chi connectivity index (χ0) is 15.5. The number of carboxylic acid groups (broad SMARTS) is 1. The van der Waals surface area contributed by atoms with E-state index in [0.29, 0.717) is 12.8 Å². The molecule has 0 aromatic heterocycles. The highest BCUT2D eigenvalue weighted by Crippen LogP contribution is 2.40. The zero-order valence-corrected chi connectivity index (χ0v) is 12.5. The summed E-state index contributed by atoms with van der Waals surface area (Å²) in [5, 5.41) is 12.4. The number of rotatable bonds is 4. The van der Waals surface area contributed by atoms with Crippen LogP contribution in [0.25, 0.3) is 0 Å². The van der Waals surface area contributed by atoms with E-state index in [1.54, 1.807) is 0 Å². The summed E-state index contributed by atoms with van der Waals surface area (Å²) < 4.78 is 0. The summed E-state index contributed by atoms with van der Waals surface area (Å²) in [7, 11) is 0. The van der Waals surface area contributed by atoms with Gasteiger partial charge in [-0.2, -0.15) is 0 Å². The van der Waals surface area contributed by atoms with Gasteiger partial charge in [-0.15, -0.1) is 0 Å². The third-order valence-corrected chi connectivity index (χ3v) is 4.62. The van der Waals surface area contributed by atoms with Gasteiger partial charge < -0.3 is 10.4 Å². The number of hydrogen-bond acceptors (Lipinski definition) is 2. The first-order valence-corrected chi connectivity index (χ1v) is 7.94. The van der Waals surface area contributed by atoms with Gasteiger partial charge in [0.15, 0.2) is 0 Å². The van der Waals surface area contributed by atoms with E-state index in [2.05, 4.69) is 11.4 Å². The quantitative estimate of drug-likeness (QED) is 0.838. The lowest BCUT2D eigenvalue weighted by Gasteiger charge is -2.16. The number of carboxylic acids is 1. The maximum atomic E-state index is 12.3. The van der Waals surface area contributed by atoms with Crippen molar-refractivity contribution in [1.82, 2.24) is 5.32 Å². The van der Waals surface area contributed by atoms with Crippen molar-refractivity contribution in [3.63, 3.8) is 0 Å². The largest absolute Gasteiger partial charge is 0.481 e. The summed E-state index contributed by atoms with van der Waals surface area (Å²) >= 11 is 0. The molecule has 2 unspecified atom stereocenters. The average molecular weight is 299 g/mol. The predicted molar refractivity (Wildman–Crippen MR) is 83.5 cm³/mol. The zero-order valence-electron chi connectivity index (χ0n) is 12.5. The second kappa shape index (κ2) is 6.34. The molecule has 0 saturated carbocycles. The third kappa shape index (κ3) is 3.06. The summed E-state index contributed by atoms with van der Waals surface area (Å²) in [6, 6.07) is 7.33. The second-order valence-corrected chi connectivity index (χ2v) is 6.16. The number of carbonyl (C=O) groups is 2. The lowest BCUT2D eigenvalue weighted by Crippen LogP contribution is -2.27. The highest BCUT2D eigenvalue weighted by Gasteiger charge is 2.35. The van der Waals surface area contributed by atoms with E-state index in [4.69, 9.17) is 0 Å². The van der Waals surface area contributed by atoms with Crippen LogP contribution in [-0.4, -0.2) is 17.0 Å². The number of amides is 1. The van der Waals surface area contributed by atoms with Gasteiger partial charge in [0.05, 0.1) is 12.0 Å². The summed E-state index contributed by atoms with van der Waals surface area (Å²) in [5.74, 6) is -1.34. The Bertz CT molecular complexity index is 621. The normalized spacial score (nSPS) is 23.5. The van der Waals surface area contributed by atoms with Crippen LogP contribution in [0.1, 0.15) is 61.6 Å². The third-order valence-electron chi connectivity index (χ3n) is 4.62. The molecular formula is C18H21NO3. The van der Waals surface area contributed by atoms with E-state index in [-0.39, 0.29) is 11.9 Å². The van der Waals surface area contributed by atoms with E-state index in [1.165, 1.54) is 12.0 Å². The van der Waals surface area contributed by atoms with Crippen molar-refractivity contribution < 1.29 is 14.7 Å². The fraction of sp³-hybridized carbons (Fsp3) is 0.444. The number of hydrogen-bond donors (Lipinski definition) is 2. The van der Waals surface area contributed by atoms with Crippen LogP contribution in [-0.2, 0) is 9.59 Å². The summed E-state index contributed by atoms with van der Waals surface area (Å²) in [5.41, 5.74) is 2.99. The fourth-order valence-electron chi connectivity index (χ4n) is 3.52. The Kier molecular flexibility index (Phi) is 4.27. The van der Waals surface area contributed by atoms with Crippen LogP contribution in [0.15, 0.2) is 35.9 Å². The van der Waals surface area contributed by atoms with Crippen molar-refractivity contribution in [3.8, 4) is 0 Å². The molecule has 1 aromatic rings. The van der Waals surface area contributed by atoms with E-state index in [0.717, 1.165) is 30.4 Å². The van der Waals surface area contributed by atoms with Gasteiger partial charge in [-0.05, 0) is 43.2 Å². The fourth-order valence-corrected chi connectivity index (χ4v) is 3.52. The minimum absolute atomic E-state index is 0.000933. The molecule has 0 spiro atoms. The summed E-state index contributed by atoms with van der Waals surface area (Å²) in [4.78, 5) is 23.6. The maximum Gasteiger partial charge on any atom is 0.311 e. The Morgan fingerprint density at radius 3 is 2.64 bits per heavy atom. The lowest BCUT2D eigenvalue weighted by molar-refractivity contribution is -0.139. The van der Waals surface area contributed by atoms with Crippen molar-refractivity contribution in [2.45, 2.75) is 50.5 Å². The highest BCUT2D eigenvalue weighted by atomic mass is 16.4. The molecule has 0 radical (unpaired) electrons. The van der Waals surface area contributed by atoms with Gasteiger partial charge in [0.25, 0.3) is 0 Å². The average Bonchev–Trinajstić information content (AvgIpc) is 2.87. The summed E-state index contributed by atoms with van der Waals surface area (Å²) in [6.45, 7) is 0. The van der Waals surface area contributed by atoms with Crippen molar-refractivity contribution in [3.05, 3.63) is 47.0 Å². The molecule has 0 bridgehead atoms. The van der Waals surface area contributed by atoms with Gasteiger partial charge in [0, 0.05) is 6.42 Å². The minimum atomic E-state index is -0.820. The van der Waals surface area contributed by atoms with Crippen molar-refractivity contribution in [2.75, 3.05) is 0 Å². The highest BCUT2D eigenvalue weighted by molar-refractivity contribution is 5.81. The number of carbonyl (C=O) groups excluding carboxylic acids is 1. The van der Waals surface area contributed by atoms with Crippen molar-refractivity contribution >= 4 is 11.9 Å². The van der Waals surface area contributed by atoms with Gasteiger partial charge >= 0.3 is 5.97 Å². The number of benzene rings is 1. The van der Waals surface area contributed by atoms with Crippen LogP contribution in [0.2, 0.25) is 0 Å². The smallest absolute Gasteiger partial charge is 0.311 e. The molecule has 2 N–H and O–H groups in total. The number of allylic oxidation sites excluding steroid dienone is 1. The van der Waals surface area contributed by atoms with E-state index in [9.17, 15) is 14.7 Å². The molecule has 2 atom stereocenters. The Morgan fingerprint density at radius 1 is 1.18 bits per heavy atom. The number of nitrogens with one attached hydrogen (secondary N) is 1. The molecule has 1 aromatic carbocycles. The van der Waals surface area contributed by atoms with E-state index in [1.807, 2.05) is 24.3 Å². The number of fused-ring (bicyclic) bond motifs is 1. The van der Waals surface area contributed by atoms with E-state index >= 15 is 0 Å². The second-order valence-electron chi connectivity index (χ2n) is 6.16. The van der Waals surface area contributed by atoms with Gasteiger partial charge in [-0.3, -0.25) is 9.59 Å². The van der Waals surface area contributed by atoms with Crippen LogP contribution in [0.5, 0.6) is 0 Å². The monoisotopic (exact) mass is 299 g/mol.